The van der Waals surface area contributed by atoms with Crippen molar-refractivity contribution in [1.29, 1.82) is 0 Å². The predicted molar refractivity (Wildman–Crippen MR) is 63.9 cm³/mol. The quantitative estimate of drug-likeness (QED) is 0.838. The van der Waals surface area contributed by atoms with Gasteiger partial charge in [0.1, 0.15) is 5.82 Å². The summed E-state index contributed by atoms with van der Waals surface area (Å²) in [5.74, 6) is -0.424. The molecule has 1 aromatic carbocycles. The van der Waals surface area contributed by atoms with E-state index in [9.17, 15) is 9.50 Å². The molecule has 0 bridgehead atoms. The van der Waals surface area contributed by atoms with Crippen LogP contribution in [0.5, 0.6) is 0 Å². The Hall–Kier alpha value is -0.640. The molecule has 0 fully saturated rings. The third-order valence-corrected chi connectivity index (χ3v) is 2.82. The molecular formula is C12H17ClFNO. The first kappa shape index (κ1) is 13.4. The molecule has 0 aliphatic heterocycles. The van der Waals surface area contributed by atoms with Gasteiger partial charge in [-0.2, -0.15) is 0 Å². The molecule has 2 nitrogen and oxygen atoms in total. The zero-order chi connectivity index (χ0) is 12.1. The minimum absolute atomic E-state index is 0.274. The lowest BCUT2D eigenvalue weighted by atomic mass is 9.98. The second-order valence-corrected chi connectivity index (χ2v) is 4.34. The Kier molecular flexibility index (Phi) is 5.19. The Bertz CT molecular complexity index is 346. The summed E-state index contributed by atoms with van der Waals surface area (Å²) in [6.07, 6.45) is 1.69. The number of hydrogen-bond donors (Lipinski definition) is 2. The summed E-state index contributed by atoms with van der Waals surface area (Å²) in [5, 5.41) is 10.2. The second kappa shape index (κ2) is 6.18. The lowest BCUT2D eigenvalue weighted by Crippen LogP contribution is -2.27. The van der Waals surface area contributed by atoms with Gasteiger partial charge in [-0.25, -0.2) is 4.39 Å². The first-order valence-corrected chi connectivity index (χ1v) is 5.82. The Morgan fingerprint density at radius 2 is 2.19 bits per heavy atom. The molecule has 2 atom stereocenters. The topological polar surface area (TPSA) is 46.2 Å². The van der Waals surface area contributed by atoms with Gasteiger partial charge in [0.15, 0.2) is 0 Å². The van der Waals surface area contributed by atoms with E-state index in [-0.39, 0.29) is 5.56 Å². The monoisotopic (exact) mass is 245 g/mol. The molecule has 0 unspecified atom stereocenters. The third kappa shape index (κ3) is 3.44. The van der Waals surface area contributed by atoms with E-state index in [2.05, 4.69) is 0 Å². The fourth-order valence-corrected chi connectivity index (χ4v) is 1.75. The van der Waals surface area contributed by atoms with Crippen molar-refractivity contribution in [1.82, 2.24) is 0 Å². The minimum atomic E-state index is -0.729. The molecular weight excluding hydrogens is 229 g/mol. The standard InChI is InChI=1S/C12H17ClFNO/c1-2-3-4-11(16)12(15)9-7-8(13)5-6-10(9)14/h5-7,11-12,16H,2-4,15H2,1H3/t11-,12+/m0/s1. The molecule has 0 aliphatic rings. The van der Waals surface area contributed by atoms with Crippen LogP contribution in [0, 0.1) is 5.82 Å². The average molecular weight is 246 g/mol. The van der Waals surface area contributed by atoms with E-state index in [0.29, 0.717) is 11.4 Å². The van der Waals surface area contributed by atoms with Crippen molar-refractivity contribution in [3.63, 3.8) is 0 Å². The number of rotatable bonds is 5. The number of aliphatic hydroxyl groups is 1. The van der Waals surface area contributed by atoms with Gasteiger partial charge in [-0.3, -0.25) is 0 Å². The number of nitrogens with two attached hydrogens (primary N) is 1. The van der Waals surface area contributed by atoms with E-state index in [4.69, 9.17) is 17.3 Å². The van der Waals surface area contributed by atoms with Crippen LogP contribution in [0.4, 0.5) is 4.39 Å². The molecule has 0 heterocycles. The zero-order valence-corrected chi connectivity index (χ0v) is 10.0. The summed E-state index contributed by atoms with van der Waals surface area (Å²) in [7, 11) is 0. The molecule has 4 heteroatoms. The normalized spacial score (nSPS) is 14.8. The Morgan fingerprint density at radius 1 is 1.50 bits per heavy atom. The smallest absolute Gasteiger partial charge is 0.128 e. The predicted octanol–water partition coefficient (Wildman–Crippen LogP) is 3.03. The number of halogens is 2. The van der Waals surface area contributed by atoms with Crippen molar-refractivity contribution in [2.75, 3.05) is 0 Å². The molecule has 0 aliphatic carbocycles. The Morgan fingerprint density at radius 3 is 2.81 bits per heavy atom. The molecule has 0 spiro atoms. The lowest BCUT2D eigenvalue weighted by Gasteiger charge is -2.19. The van der Waals surface area contributed by atoms with Gasteiger partial charge >= 0.3 is 0 Å². The van der Waals surface area contributed by atoms with Crippen LogP contribution in [-0.2, 0) is 0 Å². The van der Waals surface area contributed by atoms with Gasteiger partial charge in [-0.05, 0) is 24.6 Å². The molecule has 16 heavy (non-hydrogen) atoms. The summed E-state index contributed by atoms with van der Waals surface area (Å²) in [6.45, 7) is 2.03. The van der Waals surface area contributed by atoms with E-state index in [1.165, 1.54) is 18.2 Å². The number of benzene rings is 1. The highest BCUT2D eigenvalue weighted by Crippen LogP contribution is 2.24. The summed E-state index contributed by atoms with van der Waals surface area (Å²) in [4.78, 5) is 0. The van der Waals surface area contributed by atoms with Crippen LogP contribution in [-0.4, -0.2) is 11.2 Å². The SMILES string of the molecule is CCCC[C@H](O)[C@H](N)c1cc(Cl)ccc1F. The number of hydrogen-bond acceptors (Lipinski definition) is 2. The zero-order valence-electron chi connectivity index (χ0n) is 9.29. The van der Waals surface area contributed by atoms with Crippen molar-refractivity contribution in [3.05, 3.63) is 34.6 Å². The van der Waals surface area contributed by atoms with Gasteiger partial charge in [-0.15, -0.1) is 0 Å². The van der Waals surface area contributed by atoms with Crippen molar-refractivity contribution in [3.8, 4) is 0 Å². The summed E-state index contributed by atoms with van der Waals surface area (Å²) in [6, 6.07) is 3.48. The van der Waals surface area contributed by atoms with Gasteiger partial charge in [0, 0.05) is 10.6 Å². The van der Waals surface area contributed by atoms with E-state index < -0.39 is 18.0 Å². The molecule has 0 saturated carbocycles. The Balaban J connectivity index is 2.78. The minimum Gasteiger partial charge on any atom is -0.391 e. The highest BCUT2D eigenvalue weighted by atomic mass is 35.5. The van der Waals surface area contributed by atoms with Crippen LogP contribution in [0.15, 0.2) is 18.2 Å². The fraction of sp³-hybridized carbons (Fsp3) is 0.500. The number of unbranched alkanes of at least 4 members (excludes halogenated alkanes) is 1. The maximum Gasteiger partial charge on any atom is 0.128 e. The molecule has 1 rings (SSSR count). The molecule has 90 valence electrons. The second-order valence-electron chi connectivity index (χ2n) is 3.90. The van der Waals surface area contributed by atoms with Gasteiger partial charge in [0.25, 0.3) is 0 Å². The van der Waals surface area contributed by atoms with E-state index >= 15 is 0 Å². The van der Waals surface area contributed by atoms with Crippen LogP contribution in [0.25, 0.3) is 0 Å². The van der Waals surface area contributed by atoms with Crippen LogP contribution in [0.1, 0.15) is 37.8 Å². The molecule has 0 saturated heterocycles. The maximum atomic E-state index is 13.5. The van der Waals surface area contributed by atoms with Crippen LogP contribution in [0.2, 0.25) is 5.02 Å². The van der Waals surface area contributed by atoms with Gasteiger partial charge < -0.3 is 10.8 Å². The van der Waals surface area contributed by atoms with Gasteiger partial charge in [-0.1, -0.05) is 31.4 Å². The molecule has 3 N–H and O–H groups in total. The number of aliphatic hydroxyl groups excluding tert-OH is 1. The van der Waals surface area contributed by atoms with Crippen molar-refractivity contribution >= 4 is 11.6 Å². The fourth-order valence-electron chi connectivity index (χ4n) is 1.57. The molecule has 0 amide bonds. The van der Waals surface area contributed by atoms with Crippen molar-refractivity contribution in [2.45, 2.75) is 38.3 Å². The van der Waals surface area contributed by atoms with Crippen LogP contribution in [0.3, 0.4) is 0 Å². The van der Waals surface area contributed by atoms with Gasteiger partial charge in [0.05, 0.1) is 12.1 Å². The third-order valence-electron chi connectivity index (χ3n) is 2.59. The first-order chi connectivity index (χ1) is 7.56. The van der Waals surface area contributed by atoms with Crippen LogP contribution < -0.4 is 5.73 Å². The average Bonchev–Trinajstić information content (AvgIpc) is 2.28. The first-order valence-electron chi connectivity index (χ1n) is 5.44. The van der Waals surface area contributed by atoms with Crippen molar-refractivity contribution in [2.24, 2.45) is 5.73 Å². The van der Waals surface area contributed by atoms with Gasteiger partial charge in [0.2, 0.25) is 0 Å². The van der Waals surface area contributed by atoms with E-state index in [1.54, 1.807) is 0 Å². The largest absolute Gasteiger partial charge is 0.391 e. The summed E-state index contributed by atoms with van der Waals surface area (Å²) >= 11 is 5.77. The highest BCUT2D eigenvalue weighted by molar-refractivity contribution is 6.30. The van der Waals surface area contributed by atoms with E-state index in [0.717, 1.165) is 12.8 Å². The Labute approximate surface area is 100 Å². The van der Waals surface area contributed by atoms with Crippen LogP contribution >= 0.6 is 11.6 Å². The summed E-state index contributed by atoms with van der Waals surface area (Å²) < 4.78 is 13.5. The lowest BCUT2D eigenvalue weighted by molar-refractivity contribution is 0.131. The molecule has 1 aromatic rings. The highest BCUT2D eigenvalue weighted by Gasteiger charge is 2.19. The maximum absolute atomic E-state index is 13.5. The molecule has 0 aromatic heterocycles. The summed E-state index contributed by atoms with van der Waals surface area (Å²) in [5.41, 5.74) is 6.07. The van der Waals surface area contributed by atoms with E-state index in [1.807, 2.05) is 6.92 Å². The molecule has 0 radical (unpaired) electrons. The van der Waals surface area contributed by atoms with Crippen molar-refractivity contribution < 1.29 is 9.50 Å².